The molecule has 0 fully saturated rings. The van der Waals surface area contributed by atoms with Gasteiger partial charge in [0, 0.05) is 11.4 Å². The van der Waals surface area contributed by atoms with E-state index in [1.807, 2.05) is 0 Å². The van der Waals surface area contributed by atoms with E-state index in [2.05, 4.69) is 11.9 Å². The summed E-state index contributed by atoms with van der Waals surface area (Å²) in [4.78, 5) is 22.5. The van der Waals surface area contributed by atoms with Crippen LogP contribution < -0.4 is 5.32 Å². The lowest BCUT2D eigenvalue weighted by Gasteiger charge is -2.04. The van der Waals surface area contributed by atoms with Crippen molar-refractivity contribution >= 4 is 23.6 Å². The van der Waals surface area contributed by atoms with Gasteiger partial charge in [-0.2, -0.15) is 0 Å². The number of carbonyl (C=O) groups excluding carboxylic acids is 1. The Morgan fingerprint density at radius 1 is 1.50 bits per heavy atom. The van der Waals surface area contributed by atoms with E-state index in [1.165, 1.54) is 12.1 Å². The summed E-state index contributed by atoms with van der Waals surface area (Å²) in [5.74, 6) is -2.17. The van der Waals surface area contributed by atoms with Crippen LogP contribution in [0, 0.1) is 5.82 Å². The van der Waals surface area contributed by atoms with Gasteiger partial charge in [0.2, 0.25) is 5.91 Å². The second-order valence-corrected chi connectivity index (χ2v) is 4.38. The molecule has 0 spiro atoms. The highest BCUT2D eigenvalue weighted by molar-refractivity contribution is 8.00. The molecule has 1 rings (SSSR count). The number of carbonyl (C=O) groups is 2. The first kappa shape index (κ1) is 14.2. The third-order valence-electron chi connectivity index (χ3n) is 1.98. The Morgan fingerprint density at radius 3 is 2.83 bits per heavy atom. The van der Waals surface area contributed by atoms with Crippen LogP contribution in [0.15, 0.2) is 35.7 Å². The van der Waals surface area contributed by atoms with E-state index in [4.69, 9.17) is 5.11 Å². The molecule has 0 atom stereocenters. The average Bonchev–Trinajstić information content (AvgIpc) is 2.35. The van der Waals surface area contributed by atoms with E-state index in [0.717, 1.165) is 17.8 Å². The van der Waals surface area contributed by atoms with Crippen LogP contribution in [-0.2, 0) is 4.79 Å². The van der Waals surface area contributed by atoms with Crippen molar-refractivity contribution < 1.29 is 19.1 Å². The monoisotopic (exact) mass is 269 g/mol. The summed E-state index contributed by atoms with van der Waals surface area (Å²) in [6.45, 7) is 3.84. The van der Waals surface area contributed by atoms with Gasteiger partial charge in [-0.3, -0.25) is 4.79 Å². The first-order chi connectivity index (χ1) is 8.54. The molecule has 0 radical (unpaired) electrons. The second-order valence-electron chi connectivity index (χ2n) is 3.33. The number of hydrogen-bond acceptors (Lipinski definition) is 3. The minimum atomic E-state index is -1.33. The molecule has 0 heterocycles. The van der Waals surface area contributed by atoms with Crippen molar-refractivity contribution in [1.29, 1.82) is 0 Å². The zero-order valence-corrected chi connectivity index (χ0v) is 10.3. The number of hydrogen-bond donors (Lipinski definition) is 2. The van der Waals surface area contributed by atoms with Crippen molar-refractivity contribution in [3.8, 4) is 0 Å². The molecule has 1 aromatic rings. The van der Waals surface area contributed by atoms with Gasteiger partial charge in [0.15, 0.2) is 0 Å². The van der Waals surface area contributed by atoms with Gasteiger partial charge in [-0.25, -0.2) is 9.18 Å². The highest BCUT2D eigenvalue weighted by Gasteiger charge is 2.11. The maximum absolute atomic E-state index is 13.1. The molecule has 0 saturated heterocycles. The van der Waals surface area contributed by atoms with Crippen molar-refractivity contribution in [2.24, 2.45) is 0 Å². The average molecular weight is 269 g/mol. The van der Waals surface area contributed by atoms with Crippen molar-refractivity contribution in [3.63, 3.8) is 0 Å². The quantitative estimate of drug-likeness (QED) is 0.611. The standard InChI is InChI=1S/C12H12FNO3S/c1-2-5-14-11(15)7-18-8-3-4-10(13)9(6-8)12(16)17/h2-4,6H,1,5,7H2,(H,14,15)(H,16,17). The zero-order valence-electron chi connectivity index (χ0n) is 9.48. The number of amides is 1. The van der Waals surface area contributed by atoms with Crippen molar-refractivity contribution in [2.45, 2.75) is 4.90 Å². The predicted molar refractivity (Wildman–Crippen MR) is 67.3 cm³/mol. The van der Waals surface area contributed by atoms with Crippen LogP contribution >= 0.6 is 11.8 Å². The summed E-state index contributed by atoms with van der Waals surface area (Å²) in [6.07, 6.45) is 1.56. The fraction of sp³-hybridized carbons (Fsp3) is 0.167. The molecule has 0 aromatic heterocycles. The number of nitrogens with one attached hydrogen (secondary N) is 1. The topological polar surface area (TPSA) is 66.4 Å². The summed E-state index contributed by atoms with van der Waals surface area (Å²) in [5.41, 5.74) is -0.397. The fourth-order valence-corrected chi connectivity index (χ4v) is 1.91. The molecule has 4 nitrogen and oxygen atoms in total. The lowest BCUT2D eigenvalue weighted by Crippen LogP contribution is -2.24. The van der Waals surface area contributed by atoms with Crippen molar-refractivity contribution in [3.05, 3.63) is 42.2 Å². The molecule has 0 aliphatic rings. The molecule has 0 bridgehead atoms. The van der Waals surface area contributed by atoms with Crippen molar-refractivity contribution in [1.82, 2.24) is 5.32 Å². The minimum absolute atomic E-state index is 0.137. The fourth-order valence-electron chi connectivity index (χ4n) is 1.14. The van der Waals surface area contributed by atoms with Gasteiger partial charge in [0.25, 0.3) is 0 Å². The van der Waals surface area contributed by atoms with Gasteiger partial charge < -0.3 is 10.4 Å². The van der Waals surface area contributed by atoms with Gasteiger partial charge >= 0.3 is 5.97 Å². The van der Waals surface area contributed by atoms with Gasteiger partial charge in [-0.15, -0.1) is 18.3 Å². The first-order valence-electron chi connectivity index (χ1n) is 5.08. The highest BCUT2D eigenvalue weighted by atomic mass is 32.2. The molecular formula is C12H12FNO3S. The van der Waals surface area contributed by atoms with E-state index in [1.54, 1.807) is 6.08 Å². The Labute approximate surface area is 108 Å². The Morgan fingerprint density at radius 2 is 2.22 bits per heavy atom. The summed E-state index contributed by atoms with van der Waals surface area (Å²) >= 11 is 1.14. The summed E-state index contributed by atoms with van der Waals surface area (Å²) in [5, 5.41) is 11.3. The van der Waals surface area contributed by atoms with Gasteiger partial charge in [-0.05, 0) is 18.2 Å². The molecule has 1 aromatic carbocycles. The van der Waals surface area contributed by atoms with Gasteiger partial charge in [-0.1, -0.05) is 6.08 Å². The minimum Gasteiger partial charge on any atom is -0.478 e. The van der Waals surface area contributed by atoms with E-state index in [-0.39, 0.29) is 11.7 Å². The third-order valence-corrected chi connectivity index (χ3v) is 2.98. The number of halogens is 1. The molecule has 96 valence electrons. The predicted octanol–water partition coefficient (Wildman–Crippen LogP) is 1.92. The highest BCUT2D eigenvalue weighted by Crippen LogP contribution is 2.21. The van der Waals surface area contributed by atoms with Gasteiger partial charge in [0.05, 0.1) is 11.3 Å². The molecule has 0 aliphatic carbocycles. The number of aromatic carboxylic acids is 1. The summed E-state index contributed by atoms with van der Waals surface area (Å²) in [6, 6.07) is 3.73. The molecule has 6 heteroatoms. The maximum Gasteiger partial charge on any atom is 0.338 e. The lowest BCUT2D eigenvalue weighted by molar-refractivity contribution is -0.118. The molecule has 0 aliphatic heterocycles. The largest absolute Gasteiger partial charge is 0.478 e. The van der Waals surface area contributed by atoms with Crippen LogP contribution in [0.4, 0.5) is 4.39 Å². The molecule has 2 N–H and O–H groups in total. The number of carboxylic acids is 1. The third kappa shape index (κ3) is 4.21. The normalized spacial score (nSPS) is 9.83. The number of carboxylic acid groups (broad SMARTS) is 1. The molecular weight excluding hydrogens is 257 g/mol. The first-order valence-corrected chi connectivity index (χ1v) is 6.06. The van der Waals surface area contributed by atoms with Crippen LogP contribution in [-0.4, -0.2) is 29.3 Å². The molecule has 0 saturated carbocycles. The van der Waals surface area contributed by atoms with Crippen LogP contribution in [0.25, 0.3) is 0 Å². The van der Waals surface area contributed by atoms with Crippen molar-refractivity contribution in [2.75, 3.05) is 12.3 Å². The Kier molecular flexibility index (Phi) is 5.38. The smallest absolute Gasteiger partial charge is 0.338 e. The molecule has 1 amide bonds. The Hall–Kier alpha value is -1.82. The number of benzene rings is 1. The van der Waals surface area contributed by atoms with Crippen LogP contribution in [0.2, 0.25) is 0 Å². The molecule has 18 heavy (non-hydrogen) atoms. The van der Waals surface area contributed by atoms with E-state index in [0.29, 0.717) is 11.4 Å². The lowest BCUT2D eigenvalue weighted by atomic mass is 10.2. The Bertz CT molecular complexity index is 476. The SMILES string of the molecule is C=CCNC(=O)CSc1ccc(F)c(C(=O)O)c1. The summed E-state index contributed by atoms with van der Waals surface area (Å²) < 4.78 is 13.1. The van der Waals surface area contributed by atoms with E-state index in [9.17, 15) is 14.0 Å². The second kappa shape index (κ2) is 6.80. The van der Waals surface area contributed by atoms with Crippen LogP contribution in [0.3, 0.4) is 0 Å². The van der Waals surface area contributed by atoms with E-state index < -0.39 is 17.3 Å². The Balaban J connectivity index is 2.63. The van der Waals surface area contributed by atoms with E-state index >= 15 is 0 Å². The number of thioether (sulfide) groups is 1. The molecule has 0 unspecified atom stereocenters. The maximum atomic E-state index is 13.1. The van der Waals surface area contributed by atoms with Gasteiger partial charge in [0.1, 0.15) is 5.82 Å². The summed E-state index contributed by atoms with van der Waals surface area (Å²) in [7, 11) is 0. The zero-order chi connectivity index (χ0) is 13.5. The van der Waals surface area contributed by atoms with Crippen LogP contribution in [0.5, 0.6) is 0 Å². The number of rotatable bonds is 6. The van der Waals surface area contributed by atoms with Crippen LogP contribution in [0.1, 0.15) is 10.4 Å².